The highest BCUT2D eigenvalue weighted by molar-refractivity contribution is 6.07. The largest absolute Gasteiger partial charge is 1.00 e. The van der Waals surface area contributed by atoms with E-state index < -0.39 is 23.0 Å². The summed E-state index contributed by atoms with van der Waals surface area (Å²) in [7, 11) is 0. The number of unbranched alkanes of at least 4 members (excludes halogenated alkanes) is 6. The number of piperidine rings is 3. The van der Waals surface area contributed by atoms with Crippen molar-refractivity contribution in [3.8, 4) is 17.2 Å². The van der Waals surface area contributed by atoms with E-state index in [1.807, 2.05) is 30.3 Å². The number of pyridine rings is 1. The molecule has 286 valence electrons. The average Bonchev–Trinajstić information content (AvgIpc) is 3.15. The molecule has 4 aromatic rings. The smallest absolute Gasteiger partial charge is 0.263 e. The van der Waals surface area contributed by atoms with Crippen LogP contribution in [0.25, 0.3) is 16.6 Å². The van der Waals surface area contributed by atoms with E-state index >= 15 is 0 Å². The van der Waals surface area contributed by atoms with Crippen molar-refractivity contribution < 1.29 is 44.5 Å². The summed E-state index contributed by atoms with van der Waals surface area (Å²) in [6.07, 6.45) is 14.9. The molecule has 10 heteroatoms. The third-order valence-corrected chi connectivity index (χ3v) is 11.1. The number of rotatable bonds is 18. The van der Waals surface area contributed by atoms with Crippen molar-refractivity contribution in [2.45, 2.75) is 84.5 Å². The zero-order chi connectivity index (χ0) is 36.5. The Morgan fingerprint density at radius 1 is 0.811 bits per heavy atom. The van der Waals surface area contributed by atoms with Crippen molar-refractivity contribution in [2.24, 2.45) is 5.92 Å². The number of hydrogen-bond donors (Lipinski definition) is 0. The normalized spacial score (nSPS) is 17.8. The Bertz CT molecular complexity index is 1860. The lowest BCUT2D eigenvalue weighted by atomic mass is 9.85. The van der Waals surface area contributed by atoms with Crippen LogP contribution >= 0.6 is 0 Å². The van der Waals surface area contributed by atoms with Crippen LogP contribution in [0.1, 0.15) is 94.8 Å². The molecular weight excluding hydrogens is 740 g/mol. The zero-order valence-electron chi connectivity index (χ0n) is 31.3. The summed E-state index contributed by atoms with van der Waals surface area (Å²) in [6, 6.07) is 15.7. The molecule has 0 spiro atoms. The van der Waals surface area contributed by atoms with Crippen LogP contribution in [0.4, 0.5) is 14.5 Å². The first-order valence-corrected chi connectivity index (χ1v) is 19.5. The van der Waals surface area contributed by atoms with Crippen LogP contribution in [-0.2, 0) is 0 Å². The monoisotopic (exact) mass is 793 g/mol. The first-order valence-electron chi connectivity index (χ1n) is 19.5. The van der Waals surface area contributed by atoms with E-state index in [1.54, 1.807) is 23.6 Å². The van der Waals surface area contributed by atoms with Crippen LogP contribution in [0.3, 0.4) is 0 Å². The lowest BCUT2D eigenvalue weighted by Crippen LogP contribution is -3.00. The Morgan fingerprint density at radius 2 is 1.45 bits per heavy atom. The zero-order valence-corrected chi connectivity index (χ0v) is 32.9. The van der Waals surface area contributed by atoms with Crippen molar-refractivity contribution in [3.05, 3.63) is 94.3 Å². The van der Waals surface area contributed by atoms with Gasteiger partial charge < -0.3 is 40.4 Å². The molecule has 3 aromatic carbocycles. The number of amides is 1. The van der Waals surface area contributed by atoms with Crippen LogP contribution < -0.4 is 36.8 Å². The molecule has 53 heavy (non-hydrogen) atoms. The van der Waals surface area contributed by atoms with Gasteiger partial charge in [-0.1, -0.05) is 38.7 Å². The maximum Gasteiger partial charge on any atom is 0.263 e. The molecule has 7 nitrogen and oxygen atoms in total. The molecule has 3 aliphatic rings. The third kappa shape index (κ3) is 10.1. The standard InChI is InChI=1S/C43H54F2N3O4.BrH/c1-3-5-24-51-37-14-12-13-35(29-37)47-31-40(43(50)46(4-2)36-27-33(44)26-34(45)28-36)42(49)39-16-15-38(30-41(39)47)52-25-11-9-7-6-8-10-20-48-21-17-32(18-22-48)19-23-48;/h12-16,26-32H,3-11,17-25H2,1-2H3;1H/q+1;/p-1. The van der Waals surface area contributed by atoms with E-state index in [4.69, 9.17) is 9.47 Å². The maximum absolute atomic E-state index is 14.2. The highest BCUT2D eigenvalue weighted by atomic mass is 79.9. The number of quaternary nitrogens is 1. The predicted octanol–water partition coefficient (Wildman–Crippen LogP) is 6.47. The van der Waals surface area contributed by atoms with Crippen molar-refractivity contribution >= 4 is 22.5 Å². The van der Waals surface area contributed by atoms with Gasteiger partial charge in [-0.05, 0) is 94.2 Å². The van der Waals surface area contributed by atoms with Gasteiger partial charge in [0.2, 0.25) is 5.43 Å². The molecule has 4 heterocycles. The highest BCUT2D eigenvalue weighted by Gasteiger charge is 2.38. The average molecular weight is 795 g/mol. The molecule has 0 N–H and O–H groups in total. The van der Waals surface area contributed by atoms with E-state index in [9.17, 15) is 18.4 Å². The number of anilines is 1. The Morgan fingerprint density at radius 3 is 2.13 bits per heavy atom. The molecule has 2 bridgehead atoms. The summed E-state index contributed by atoms with van der Waals surface area (Å²) < 4.78 is 43.7. The van der Waals surface area contributed by atoms with Gasteiger partial charge in [0.1, 0.15) is 28.7 Å². The quantitative estimate of drug-likeness (QED) is 0.0857. The first kappa shape index (κ1) is 40.4. The number of hydrogen-bond acceptors (Lipinski definition) is 4. The van der Waals surface area contributed by atoms with Gasteiger partial charge in [-0.25, -0.2) is 8.78 Å². The van der Waals surface area contributed by atoms with Gasteiger partial charge in [-0.2, -0.15) is 0 Å². The summed E-state index contributed by atoms with van der Waals surface area (Å²) in [5, 5.41) is 0.330. The minimum Gasteiger partial charge on any atom is -1.00 e. The van der Waals surface area contributed by atoms with Crippen molar-refractivity contribution in [1.29, 1.82) is 0 Å². The van der Waals surface area contributed by atoms with Crippen molar-refractivity contribution in [2.75, 3.05) is 50.8 Å². The topological polar surface area (TPSA) is 60.8 Å². The van der Waals surface area contributed by atoms with Crippen LogP contribution in [0.5, 0.6) is 11.5 Å². The Hall–Kier alpha value is -3.76. The lowest BCUT2D eigenvalue weighted by molar-refractivity contribution is -0.942. The first-order chi connectivity index (χ1) is 25.3. The van der Waals surface area contributed by atoms with E-state index in [0.29, 0.717) is 41.3 Å². The van der Waals surface area contributed by atoms with Crippen molar-refractivity contribution in [1.82, 2.24) is 4.57 Å². The molecule has 3 saturated heterocycles. The number of benzene rings is 3. The second kappa shape index (κ2) is 19.0. The minimum atomic E-state index is -0.805. The number of aromatic nitrogens is 1. The Kier molecular flexibility index (Phi) is 14.5. The summed E-state index contributed by atoms with van der Waals surface area (Å²) in [5.41, 5.74) is 0.725. The lowest BCUT2D eigenvalue weighted by Gasteiger charge is -2.49. The second-order valence-electron chi connectivity index (χ2n) is 14.7. The minimum absolute atomic E-state index is 0. The molecule has 3 fully saturated rings. The fraction of sp³-hybridized carbons (Fsp3) is 0.488. The molecule has 0 unspecified atom stereocenters. The third-order valence-electron chi connectivity index (χ3n) is 11.1. The molecule has 3 aliphatic heterocycles. The molecule has 0 aliphatic carbocycles. The molecule has 7 rings (SSSR count). The Labute approximate surface area is 323 Å². The van der Waals surface area contributed by atoms with Gasteiger partial charge in [0.15, 0.2) is 0 Å². The second-order valence-corrected chi connectivity index (χ2v) is 14.7. The highest BCUT2D eigenvalue weighted by Crippen LogP contribution is 2.34. The molecule has 1 amide bonds. The predicted molar refractivity (Wildman–Crippen MR) is 204 cm³/mol. The summed E-state index contributed by atoms with van der Waals surface area (Å²) in [6.45, 7) is 10.6. The van der Waals surface area contributed by atoms with E-state index in [-0.39, 0.29) is 34.8 Å². The van der Waals surface area contributed by atoms with E-state index in [2.05, 4.69) is 6.92 Å². The van der Waals surface area contributed by atoms with Gasteiger partial charge in [-0.15, -0.1) is 0 Å². The number of carbonyl (C=O) groups excluding carboxylic acids is 1. The summed E-state index contributed by atoms with van der Waals surface area (Å²) in [5.74, 6) is 0.0601. The fourth-order valence-electron chi connectivity index (χ4n) is 8.02. The van der Waals surface area contributed by atoms with E-state index in [1.165, 1.54) is 86.7 Å². The van der Waals surface area contributed by atoms with Crippen LogP contribution in [0.15, 0.2) is 71.7 Å². The van der Waals surface area contributed by atoms with Gasteiger partial charge in [0.05, 0.1) is 44.9 Å². The number of halogens is 3. The SMILES string of the molecule is CCCCOc1cccc(-n2cc(C(=O)N(CC)c3cc(F)cc(F)c3)c(=O)c3ccc(OCCCCCCCC[N+]45CCC(CC4)CC5)cc32)c1.[Br-]. The number of nitrogens with zero attached hydrogens (tertiary/aromatic N) is 3. The maximum atomic E-state index is 14.2. The van der Waals surface area contributed by atoms with Crippen LogP contribution in [0.2, 0.25) is 0 Å². The molecule has 0 atom stereocenters. The molecule has 0 saturated carbocycles. The molecule has 0 radical (unpaired) electrons. The van der Waals surface area contributed by atoms with Gasteiger partial charge in [0.25, 0.3) is 5.91 Å². The van der Waals surface area contributed by atoms with Crippen LogP contribution in [-0.4, -0.2) is 60.9 Å². The molecule has 1 aromatic heterocycles. The number of fused-ring (bicyclic) bond motifs is 4. The van der Waals surface area contributed by atoms with Crippen LogP contribution in [0, 0.1) is 17.6 Å². The number of carbonyl (C=O) groups is 1. The van der Waals surface area contributed by atoms with Gasteiger partial charge in [-0.3, -0.25) is 9.59 Å². The van der Waals surface area contributed by atoms with E-state index in [0.717, 1.165) is 49.8 Å². The van der Waals surface area contributed by atoms with Gasteiger partial charge in [0, 0.05) is 47.7 Å². The number of ether oxygens (including phenoxy) is 2. The van der Waals surface area contributed by atoms with Gasteiger partial charge >= 0.3 is 0 Å². The fourth-order valence-corrected chi connectivity index (χ4v) is 8.02. The summed E-state index contributed by atoms with van der Waals surface area (Å²) in [4.78, 5) is 29.1. The summed E-state index contributed by atoms with van der Waals surface area (Å²) >= 11 is 0. The van der Waals surface area contributed by atoms with Crippen molar-refractivity contribution in [3.63, 3.8) is 0 Å². The Balaban J connectivity index is 0.00000541. The molecular formula is C43H54BrF2N3O4.